The molecule has 1 aliphatic heterocycles. The van der Waals surface area contributed by atoms with Gasteiger partial charge in [0, 0.05) is 30.4 Å². The van der Waals surface area contributed by atoms with Crippen LogP contribution < -0.4 is 4.90 Å². The molecule has 2 aromatic carbocycles. The number of halogens is 3. The molecule has 0 saturated carbocycles. The highest BCUT2D eigenvalue weighted by atomic mass is 35.5. The van der Waals surface area contributed by atoms with E-state index in [9.17, 15) is 0 Å². The highest BCUT2D eigenvalue weighted by Gasteiger charge is 2.21. The van der Waals surface area contributed by atoms with Gasteiger partial charge in [-0.3, -0.25) is 4.98 Å². The summed E-state index contributed by atoms with van der Waals surface area (Å²) < 4.78 is 0. The second kappa shape index (κ2) is 7.64. The molecule has 0 spiro atoms. The molecule has 134 valence electrons. The Morgan fingerprint density at radius 1 is 0.962 bits per heavy atom. The van der Waals surface area contributed by atoms with E-state index in [-0.39, 0.29) is 0 Å². The summed E-state index contributed by atoms with van der Waals surface area (Å²) >= 11 is 18.4. The van der Waals surface area contributed by atoms with Crippen molar-refractivity contribution >= 4 is 51.4 Å². The third-order valence-corrected chi connectivity index (χ3v) is 6.35. The van der Waals surface area contributed by atoms with Crippen LogP contribution in [0.4, 0.5) is 5.69 Å². The average molecular weight is 406 g/mol. The van der Waals surface area contributed by atoms with Gasteiger partial charge in [-0.15, -0.1) is 0 Å². The van der Waals surface area contributed by atoms with Gasteiger partial charge in [-0.05, 0) is 55.0 Å². The van der Waals surface area contributed by atoms with Gasteiger partial charge in [-0.2, -0.15) is 0 Å². The van der Waals surface area contributed by atoms with Crippen LogP contribution in [0.15, 0.2) is 48.7 Å². The summed E-state index contributed by atoms with van der Waals surface area (Å²) in [7, 11) is 0. The Morgan fingerprint density at radius 2 is 1.65 bits per heavy atom. The maximum absolute atomic E-state index is 6.16. The lowest BCUT2D eigenvalue weighted by Gasteiger charge is -2.34. The van der Waals surface area contributed by atoms with E-state index in [4.69, 9.17) is 34.8 Å². The SMILES string of the molecule is Clc1cc(CC2CCN(c3ccnc4ccccc34)CC2)cc(Cl)c1Cl. The molecule has 0 N–H and O–H groups in total. The van der Waals surface area contributed by atoms with E-state index in [1.807, 2.05) is 24.4 Å². The van der Waals surface area contributed by atoms with Crippen LogP contribution in [0.5, 0.6) is 0 Å². The molecule has 0 bridgehead atoms. The number of aromatic nitrogens is 1. The van der Waals surface area contributed by atoms with E-state index in [0.717, 1.165) is 43.4 Å². The molecule has 1 aromatic heterocycles. The average Bonchev–Trinajstić information content (AvgIpc) is 2.66. The van der Waals surface area contributed by atoms with Crippen LogP contribution in [-0.2, 0) is 6.42 Å². The minimum absolute atomic E-state index is 0.441. The molecule has 1 saturated heterocycles. The molecule has 3 aromatic rings. The Bertz CT molecular complexity index is 905. The molecule has 26 heavy (non-hydrogen) atoms. The fourth-order valence-electron chi connectivity index (χ4n) is 3.79. The number of piperidine rings is 1. The highest BCUT2D eigenvalue weighted by molar-refractivity contribution is 6.48. The summed E-state index contributed by atoms with van der Waals surface area (Å²) in [5.74, 6) is 0.632. The molecule has 1 fully saturated rings. The minimum atomic E-state index is 0.441. The van der Waals surface area contributed by atoms with Crippen LogP contribution in [0.25, 0.3) is 10.9 Å². The lowest BCUT2D eigenvalue weighted by molar-refractivity contribution is 0.404. The largest absolute Gasteiger partial charge is 0.371 e. The molecule has 0 radical (unpaired) electrons. The molecule has 5 heteroatoms. The Balaban J connectivity index is 1.46. The lowest BCUT2D eigenvalue weighted by Crippen LogP contribution is -2.34. The summed E-state index contributed by atoms with van der Waals surface area (Å²) in [6.07, 6.45) is 5.19. The second-order valence-corrected chi connectivity index (χ2v) is 8.05. The van der Waals surface area contributed by atoms with Crippen molar-refractivity contribution in [2.75, 3.05) is 18.0 Å². The lowest BCUT2D eigenvalue weighted by atomic mass is 9.90. The minimum Gasteiger partial charge on any atom is -0.371 e. The van der Waals surface area contributed by atoms with E-state index in [1.54, 1.807) is 0 Å². The van der Waals surface area contributed by atoms with Crippen molar-refractivity contribution in [2.24, 2.45) is 5.92 Å². The van der Waals surface area contributed by atoms with Crippen LogP contribution in [0.1, 0.15) is 18.4 Å². The maximum atomic E-state index is 6.16. The zero-order chi connectivity index (χ0) is 18.1. The van der Waals surface area contributed by atoms with Crippen LogP contribution in [0.3, 0.4) is 0 Å². The van der Waals surface area contributed by atoms with E-state index in [0.29, 0.717) is 21.0 Å². The molecular formula is C21H19Cl3N2. The predicted molar refractivity (Wildman–Crippen MR) is 112 cm³/mol. The van der Waals surface area contributed by atoms with Gasteiger partial charge in [0.1, 0.15) is 0 Å². The second-order valence-electron chi connectivity index (χ2n) is 6.86. The molecule has 0 amide bonds. The number of anilines is 1. The third-order valence-electron chi connectivity index (χ3n) is 5.15. The number of para-hydroxylation sites is 1. The van der Waals surface area contributed by atoms with Crippen LogP contribution in [-0.4, -0.2) is 18.1 Å². The number of hydrogen-bond acceptors (Lipinski definition) is 2. The number of benzene rings is 2. The summed E-state index contributed by atoms with van der Waals surface area (Å²) in [4.78, 5) is 6.94. The quantitative estimate of drug-likeness (QED) is 0.453. The van der Waals surface area contributed by atoms with Gasteiger partial charge in [0.25, 0.3) is 0 Å². The smallest absolute Gasteiger partial charge is 0.0778 e. The Kier molecular flexibility index (Phi) is 5.26. The zero-order valence-corrected chi connectivity index (χ0v) is 16.5. The van der Waals surface area contributed by atoms with Crippen molar-refractivity contribution in [3.8, 4) is 0 Å². The Hall–Kier alpha value is -1.48. The standard InChI is InChI=1S/C21H19Cl3N2/c22-17-12-15(13-18(23)21(17)24)11-14-6-9-26(10-7-14)20-5-8-25-19-4-2-1-3-16(19)20/h1-5,8,12-14H,6-7,9-11H2. The van der Waals surface area contributed by atoms with Crippen molar-refractivity contribution in [1.29, 1.82) is 0 Å². The molecule has 0 aliphatic carbocycles. The fourth-order valence-corrected chi connectivity index (χ4v) is 4.44. The molecule has 2 nitrogen and oxygen atoms in total. The van der Waals surface area contributed by atoms with E-state index in [2.05, 4.69) is 34.1 Å². The number of hydrogen-bond donors (Lipinski definition) is 0. The molecule has 1 aliphatic rings. The highest BCUT2D eigenvalue weighted by Crippen LogP contribution is 2.34. The normalized spacial score (nSPS) is 15.6. The summed E-state index contributed by atoms with van der Waals surface area (Å²) in [6, 6.07) is 14.3. The van der Waals surface area contributed by atoms with Crippen LogP contribution in [0, 0.1) is 5.92 Å². The first-order valence-corrected chi connectivity index (χ1v) is 9.97. The van der Waals surface area contributed by atoms with Gasteiger partial charge < -0.3 is 4.90 Å². The van der Waals surface area contributed by atoms with Gasteiger partial charge in [-0.1, -0.05) is 53.0 Å². The van der Waals surface area contributed by atoms with E-state index >= 15 is 0 Å². The van der Waals surface area contributed by atoms with Crippen molar-refractivity contribution in [2.45, 2.75) is 19.3 Å². The van der Waals surface area contributed by atoms with Gasteiger partial charge in [-0.25, -0.2) is 0 Å². The van der Waals surface area contributed by atoms with Crippen molar-refractivity contribution < 1.29 is 0 Å². The van der Waals surface area contributed by atoms with Gasteiger partial charge >= 0.3 is 0 Å². The maximum Gasteiger partial charge on any atom is 0.0778 e. The van der Waals surface area contributed by atoms with E-state index < -0.39 is 0 Å². The van der Waals surface area contributed by atoms with E-state index in [1.165, 1.54) is 11.1 Å². The summed E-state index contributed by atoms with van der Waals surface area (Å²) in [5, 5.41) is 2.74. The number of pyridine rings is 1. The molecule has 0 atom stereocenters. The molecule has 2 heterocycles. The topological polar surface area (TPSA) is 16.1 Å². The number of rotatable bonds is 3. The van der Waals surface area contributed by atoms with Crippen molar-refractivity contribution in [3.05, 3.63) is 69.3 Å². The van der Waals surface area contributed by atoms with Gasteiger partial charge in [0.2, 0.25) is 0 Å². The summed E-state index contributed by atoms with van der Waals surface area (Å²) in [6.45, 7) is 2.10. The first kappa shape index (κ1) is 17.9. The van der Waals surface area contributed by atoms with Crippen molar-refractivity contribution in [3.63, 3.8) is 0 Å². The monoisotopic (exact) mass is 404 g/mol. The van der Waals surface area contributed by atoms with Gasteiger partial charge in [0.15, 0.2) is 0 Å². The van der Waals surface area contributed by atoms with Crippen LogP contribution in [0.2, 0.25) is 15.1 Å². The number of fused-ring (bicyclic) bond motifs is 1. The fraction of sp³-hybridized carbons (Fsp3) is 0.286. The van der Waals surface area contributed by atoms with Gasteiger partial charge in [0.05, 0.1) is 20.6 Å². The zero-order valence-electron chi connectivity index (χ0n) is 14.3. The Morgan fingerprint density at radius 3 is 2.38 bits per heavy atom. The first-order chi connectivity index (χ1) is 12.6. The van der Waals surface area contributed by atoms with Crippen molar-refractivity contribution in [1.82, 2.24) is 4.98 Å². The Labute approximate surface area is 168 Å². The number of nitrogens with zero attached hydrogens (tertiary/aromatic N) is 2. The summed E-state index contributed by atoms with van der Waals surface area (Å²) in [5.41, 5.74) is 3.50. The molecular weight excluding hydrogens is 387 g/mol. The third kappa shape index (κ3) is 3.64. The van der Waals surface area contributed by atoms with Crippen LogP contribution >= 0.6 is 34.8 Å². The first-order valence-electron chi connectivity index (χ1n) is 8.84. The molecule has 4 rings (SSSR count). The molecule has 0 unspecified atom stereocenters. The predicted octanol–water partition coefficient (Wildman–Crippen LogP) is 6.65.